The summed E-state index contributed by atoms with van der Waals surface area (Å²) in [5, 5.41) is 0. The van der Waals surface area contributed by atoms with Crippen LogP contribution in [0, 0.1) is 20.8 Å². The minimum absolute atomic E-state index is 0.0147. The van der Waals surface area contributed by atoms with Gasteiger partial charge in [0.25, 0.3) is 0 Å². The number of aromatic nitrogens is 2. The van der Waals surface area contributed by atoms with E-state index in [2.05, 4.69) is 41.6 Å². The van der Waals surface area contributed by atoms with Gasteiger partial charge in [-0.15, -0.1) is 0 Å². The van der Waals surface area contributed by atoms with E-state index in [0.717, 1.165) is 37.1 Å². The van der Waals surface area contributed by atoms with E-state index in [0.29, 0.717) is 18.0 Å². The van der Waals surface area contributed by atoms with Gasteiger partial charge in [-0.25, -0.2) is 13.4 Å². The lowest BCUT2D eigenvalue weighted by Crippen LogP contribution is -2.41. The number of hydrogen-bond donors (Lipinski definition) is 0. The summed E-state index contributed by atoms with van der Waals surface area (Å²) in [4.78, 5) is 4.94. The molecule has 170 valence electrons. The van der Waals surface area contributed by atoms with Gasteiger partial charge in [-0.05, 0) is 56.9 Å². The zero-order chi connectivity index (χ0) is 22.7. The maximum Gasteiger partial charge on any atom is 0.243 e. The van der Waals surface area contributed by atoms with E-state index in [-0.39, 0.29) is 6.04 Å². The normalized spacial score (nSPS) is 15.4. The minimum atomic E-state index is -3.62. The molecule has 0 radical (unpaired) electrons. The molecular weight excluding hydrogens is 418 g/mol. The summed E-state index contributed by atoms with van der Waals surface area (Å²) in [6, 6.07) is 13.7. The predicted molar refractivity (Wildman–Crippen MR) is 128 cm³/mol. The summed E-state index contributed by atoms with van der Waals surface area (Å²) in [6.45, 7) is 7.16. The van der Waals surface area contributed by atoms with E-state index in [1.807, 2.05) is 25.3 Å². The van der Waals surface area contributed by atoms with Crippen LogP contribution in [0.2, 0.25) is 0 Å². The lowest BCUT2D eigenvalue weighted by Gasteiger charge is -2.33. The maximum absolute atomic E-state index is 13.7. The van der Waals surface area contributed by atoms with Gasteiger partial charge in [0.05, 0.1) is 11.4 Å². The first-order valence-corrected chi connectivity index (χ1v) is 12.9. The van der Waals surface area contributed by atoms with Gasteiger partial charge in [0.2, 0.25) is 10.0 Å². The summed E-state index contributed by atoms with van der Waals surface area (Å²) >= 11 is 0. The Morgan fingerprint density at radius 2 is 1.66 bits per heavy atom. The number of benzene rings is 2. The van der Waals surface area contributed by atoms with Crippen LogP contribution in [0.3, 0.4) is 0 Å². The van der Waals surface area contributed by atoms with E-state index in [1.165, 1.54) is 23.1 Å². The van der Waals surface area contributed by atoms with Gasteiger partial charge in [-0.3, -0.25) is 0 Å². The first kappa shape index (κ1) is 22.7. The van der Waals surface area contributed by atoms with Gasteiger partial charge in [-0.2, -0.15) is 4.31 Å². The molecule has 1 fully saturated rings. The molecule has 0 saturated heterocycles. The van der Waals surface area contributed by atoms with Gasteiger partial charge >= 0.3 is 0 Å². The Morgan fingerprint density at radius 1 is 0.969 bits per heavy atom. The molecule has 0 spiro atoms. The van der Waals surface area contributed by atoms with Crippen LogP contribution in [-0.2, 0) is 23.1 Å². The summed E-state index contributed by atoms with van der Waals surface area (Å²) in [6.07, 6.45) is 8.86. The lowest BCUT2D eigenvalue weighted by molar-refractivity contribution is 0.242. The highest BCUT2D eigenvalue weighted by atomic mass is 32.2. The van der Waals surface area contributed by atoms with E-state index < -0.39 is 10.0 Å². The molecule has 0 N–H and O–H groups in total. The van der Waals surface area contributed by atoms with Crippen LogP contribution in [0.4, 0.5) is 0 Å². The van der Waals surface area contributed by atoms with Crippen LogP contribution in [-0.4, -0.2) is 28.3 Å². The monoisotopic (exact) mass is 451 g/mol. The topological polar surface area (TPSA) is 55.2 Å². The third kappa shape index (κ3) is 4.97. The molecule has 3 aromatic rings. The number of imidazole rings is 1. The van der Waals surface area contributed by atoms with Crippen molar-refractivity contribution in [2.75, 3.05) is 0 Å². The van der Waals surface area contributed by atoms with Gasteiger partial charge < -0.3 is 4.57 Å². The van der Waals surface area contributed by atoms with Crippen molar-refractivity contribution in [3.8, 4) is 0 Å². The van der Waals surface area contributed by atoms with Crippen LogP contribution in [0.25, 0.3) is 0 Å². The molecule has 0 aliphatic heterocycles. The van der Waals surface area contributed by atoms with Crippen LogP contribution in [0.1, 0.15) is 60.2 Å². The first-order valence-electron chi connectivity index (χ1n) is 11.5. The van der Waals surface area contributed by atoms with E-state index in [4.69, 9.17) is 0 Å². The van der Waals surface area contributed by atoms with Crippen LogP contribution >= 0.6 is 0 Å². The van der Waals surface area contributed by atoms with Crippen molar-refractivity contribution in [2.45, 2.75) is 76.9 Å². The Kier molecular flexibility index (Phi) is 6.82. The second kappa shape index (κ2) is 9.59. The molecule has 5 nitrogen and oxygen atoms in total. The fourth-order valence-electron chi connectivity index (χ4n) is 4.55. The molecule has 6 heteroatoms. The Labute approximate surface area is 192 Å². The average molecular weight is 452 g/mol. The molecule has 1 saturated carbocycles. The second-order valence-electron chi connectivity index (χ2n) is 9.06. The molecule has 32 heavy (non-hydrogen) atoms. The Balaban J connectivity index is 1.66. The Hall–Kier alpha value is -2.44. The van der Waals surface area contributed by atoms with Crippen molar-refractivity contribution in [3.05, 3.63) is 82.9 Å². The number of rotatable bonds is 7. The van der Waals surface area contributed by atoms with Crippen LogP contribution in [0.15, 0.2) is 59.8 Å². The van der Waals surface area contributed by atoms with Gasteiger partial charge in [0.15, 0.2) is 0 Å². The molecule has 4 rings (SSSR count). The number of aryl methyl sites for hydroxylation is 3. The highest BCUT2D eigenvalue weighted by Crippen LogP contribution is 2.29. The second-order valence-corrected chi connectivity index (χ2v) is 10.9. The molecule has 2 aromatic carbocycles. The molecule has 1 aliphatic rings. The molecule has 1 heterocycles. The highest BCUT2D eigenvalue weighted by molar-refractivity contribution is 7.89. The van der Waals surface area contributed by atoms with Crippen LogP contribution < -0.4 is 0 Å². The Morgan fingerprint density at radius 3 is 2.38 bits per heavy atom. The summed E-state index contributed by atoms with van der Waals surface area (Å²) < 4.78 is 31.2. The fraction of sp³-hybridized carbons (Fsp3) is 0.423. The van der Waals surface area contributed by atoms with Gasteiger partial charge in [0.1, 0.15) is 5.82 Å². The molecule has 1 aromatic heterocycles. The standard InChI is InChI=1S/C26H33N3O2S/c1-20-10-13-25(14-11-20)32(30,31)29(24-7-5-4-6-8-24)19-26-27-15-16-28(26)18-23-17-21(2)9-12-22(23)3/h9-17,24H,4-8,18-19H2,1-3H3. The molecule has 1 aliphatic carbocycles. The summed E-state index contributed by atoms with van der Waals surface area (Å²) in [5.41, 5.74) is 4.73. The molecule has 0 unspecified atom stereocenters. The van der Waals surface area contributed by atoms with Crippen molar-refractivity contribution < 1.29 is 8.42 Å². The Bertz CT molecular complexity index is 1160. The quantitative estimate of drug-likeness (QED) is 0.485. The predicted octanol–water partition coefficient (Wildman–Crippen LogP) is 5.38. The van der Waals surface area contributed by atoms with Crippen LogP contribution in [0.5, 0.6) is 0 Å². The SMILES string of the molecule is Cc1ccc(S(=O)(=O)N(Cc2nccn2Cc2cc(C)ccc2C)C2CCCCC2)cc1. The van der Waals surface area contributed by atoms with E-state index >= 15 is 0 Å². The van der Waals surface area contributed by atoms with E-state index in [9.17, 15) is 8.42 Å². The fourth-order valence-corrected chi connectivity index (χ4v) is 6.19. The summed E-state index contributed by atoms with van der Waals surface area (Å²) in [7, 11) is -3.62. The molecule has 0 amide bonds. The zero-order valence-electron chi connectivity index (χ0n) is 19.3. The van der Waals surface area contributed by atoms with Crippen molar-refractivity contribution in [2.24, 2.45) is 0 Å². The number of nitrogens with zero attached hydrogens (tertiary/aromatic N) is 3. The number of sulfonamides is 1. The number of hydrogen-bond acceptors (Lipinski definition) is 3. The first-order chi connectivity index (χ1) is 15.3. The van der Waals surface area contributed by atoms with Crippen molar-refractivity contribution >= 4 is 10.0 Å². The largest absolute Gasteiger partial charge is 0.329 e. The third-order valence-corrected chi connectivity index (χ3v) is 8.47. The molecule has 0 bridgehead atoms. The smallest absolute Gasteiger partial charge is 0.243 e. The maximum atomic E-state index is 13.7. The molecular formula is C26H33N3O2S. The van der Waals surface area contributed by atoms with Crippen molar-refractivity contribution in [1.29, 1.82) is 0 Å². The van der Waals surface area contributed by atoms with Gasteiger partial charge in [0, 0.05) is 25.0 Å². The lowest BCUT2D eigenvalue weighted by atomic mass is 9.95. The van der Waals surface area contributed by atoms with Gasteiger partial charge in [-0.1, -0.05) is 60.7 Å². The zero-order valence-corrected chi connectivity index (χ0v) is 20.1. The highest BCUT2D eigenvalue weighted by Gasteiger charge is 2.33. The van der Waals surface area contributed by atoms with Crippen molar-refractivity contribution in [1.82, 2.24) is 13.9 Å². The molecule has 0 atom stereocenters. The van der Waals surface area contributed by atoms with Crippen molar-refractivity contribution in [3.63, 3.8) is 0 Å². The minimum Gasteiger partial charge on any atom is -0.329 e. The van der Waals surface area contributed by atoms with E-state index in [1.54, 1.807) is 22.6 Å². The average Bonchev–Trinajstić information content (AvgIpc) is 3.22. The summed E-state index contributed by atoms with van der Waals surface area (Å²) in [5.74, 6) is 0.784. The third-order valence-electron chi connectivity index (χ3n) is 6.55.